The summed E-state index contributed by atoms with van der Waals surface area (Å²) in [6.07, 6.45) is 8.29. The normalized spacial score (nSPS) is 13.4. The van der Waals surface area contributed by atoms with E-state index < -0.39 is 0 Å². The number of aromatic nitrogens is 1. The van der Waals surface area contributed by atoms with Gasteiger partial charge in [0.15, 0.2) is 0 Å². The number of amides is 6. The molecule has 16 nitrogen and oxygen atoms in total. The van der Waals surface area contributed by atoms with Crippen molar-refractivity contribution < 1.29 is 24.6 Å². The number of phenols is 2. The number of nitrogens with one attached hydrogen (secondary N) is 7. The first-order valence-electron chi connectivity index (χ1n) is 26.3. The van der Waals surface area contributed by atoms with Crippen LogP contribution in [0.1, 0.15) is 67.0 Å². The Hall–Kier alpha value is -6.22. The lowest BCUT2D eigenvalue weighted by Gasteiger charge is -2.25. The highest BCUT2D eigenvalue weighted by Crippen LogP contribution is 2.16. The Morgan fingerprint density at radius 2 is 0.857 bits per heavy atom. The fourth-order valence-electron chi connectivity index (χ4n) is 8.18. The number of H-pyrrole nitrogens is 1. The van der Waals surface area contributed by atoms with E-state index >= 15 is 0 Å². The Morgan fingerprint density at radius 3 is 1.19 bits per heavy atom. The van der Waals surface area contributed by atoms with Crippen molar-refractivity contribution >= 4 is 52.1 Å². The zero-order chi connectivity index (χ0) is 56.1. The highest BCUT2D eigenvalue weighted by Gasteiger charge is 2.19. The van der Waals surface area contributed by atoms with Crippen molar-refractivity contribution in [3.05, 3.63) is 161 Å². The largest absolute Gasteiger partial charge is 0.508 e. The van der Waals surface area contributed by atoms with Gasteiger partial charge in [-0.05, 0) is 215 Å². The van der Waals surface area contributed by atoms with E-state index in [4.69, 9.17) is 0 Å². The number of urea groups is 3. The van der Waals surface area contributed by atoms with Gasteiger partial charge in [-0.2, -0.15) is 34.0 Å². The summed E-state index contributed by atoms with van der Waals surface area (Å²) >= 11 is 5.02. The third kappa shape index (κ3) is 25.7. The molecule has 0 spiro atoms. The van der Waals surface area contributed by atoms with Crippen LogP contribution in [0.4, 0.5) is 14.4 Å². The molecule has 77 heavy (non-hydrogen) atoms. The van der Waals surface area contributed by atoms with E-state index in [9.17, 15) is 29.4 Å². The van der Waals surface area contributed by atoms with Crippen molar-refractivity contribution in [2.75, 3.05) is 61.9 Å². The highest BCUT2D eigenvalue weighted by molar-refractivity contribution is 7.08. The second-order valence-corrected chi connectivity index (χ2v) is 22.4. The van der Waals surface area contributed by atoms with Gasteiger partial charge in [0, 0.05) is 68.1 Å². The van der Waals surface area contributed by atoms with Gasteiger partial charge in [0.05, 0.1) is 0 Å². The van der Waals surface area contributed by atoms with Crippen molar-refractivity contribution in [3.8, 4) is 11.5 Å². The molecule has 6 rings (SSSR count). The summed E-state index contributed by atoms with van der Waals surface area (Å²) in [7, 11) is 12.0. The fourth-order valence-corrected chi connectivity index (χ4v) is 10.2. The van der Waals surface area contributed by atoms with Gasteiger partial charge in [0.25, 0.3) is 0 Å². The molecule has 420 valence electrons. The van der Waals surface area contributed by atoms with Crippen LogP contribution in [0.5, 0.6) is 11.5 Å². The molecule has 0 aliphatic carbocycles. The lowest BCUT2D eigenvalue weighted by Crippen LogP contribution is -2.48. The van der Waals surface area contributed by atoms with Gasteiger partial charge >= 0.3 is 18.1 Å². The van der Waals surface area contributed by atoms with Crippen molar-refractivity contribution in [2.24, 2.45) is 0 Å². The summed E-state index contributed by atoms with van der Waals surface area (Å²) in [6, 6.07) is 24.6. The molecule has 1 unspecified atom stereocenters. The predicted octanol–water partition coefficient (Wildman–Crippen LogP) is 8.33. The summed E-state index contributed by atoms with van der Waals surface area (Å²) in [6.45, 7) is 7.81. The number of likely N-dealkylation sites (N-methyl/N-ethyl adjacent to an activating group) is 3. The molecule has 0 bridgehead atoms. The number of aromatic hydroxyl groups is 2. The molecule has 0 aliphatic rings. The van der Waals surface area contributed by atoms with Crippen LogP contribution < -0.4 is 37.5 Å². The van der Waals surface area contributed by atoms with Gasteiger partial charge < -0.3 is 61.8 Å². The number of carbonyl (C=O) groups is 3. The molecule has 6 amide bonds. The first-order chi connectivity index (χ1) is 36.9. The molecule has 19 heteroatoms. The molecule has 4 aromatic heterocycles. The van der Waals surface area contributed by atoms with Crippen LogP contribution in [-0.4, -0.2) is 146 Å². The standard InChI is InChI=1S/2C20H29N3O2S.C18H26N4O2S/c2*1-4-17(11-16-9-10-26-14-16)22-20(25)21-13-18(23(2)3)12-15-5-7-19(24)8-6-15;1-13(8-15-5-7-25-12-15)21-18(24)20-11-16(22(2)3)9-14-4-6-19-17(23)10-14/h2*5-10,14,17-18,24H,4,11-13H2,1-3H3,(H2,21,22,25);4-7,10,12-13,16H,8-9,11H2,1-3H3,(H,19,23)(H2,20,21,24)/t17-,18+;17-,18-;13?,16-/m100/s1. The minimum Gasteiger partial charge on any atom is -0.508 e. The number of benzene rings is 2. The smallest absolute Gasteiger partial charge is 0.315 e. The molecule has 6 aromatic rings. The molecule has 0 radical (unpaired) electrons. The zero-order valence-electron chi connectivity index (χ0n) is 46.4. The van der Waals surface area contributed by atoms with Crippen molar-refractivity contribution in [1.82, 2.24) is 51.6 Å². The molecule has 6 atom stereocenters. The molecule has 4 heterocycles. The summed E-state index contributed by atoms with van der Waals surface area (Å²) < 4.78 is 0. The monoisotopic (exact) mass is 1110 g/mol. The van der Waals surface area contributed by atoms with Crippen LogP contribution >= 0.6 is 34.0 Å². The average Bonchev–Trinajstić information content (AvgIpc) is 4.23. The third-order valence-corrected chi connectivity index (χ3v) is 15.3. The maximum atomic E-state index is 12.3. The van der Waals surface area contributed by atoms with Gasteiger partial charge in [-0.3, -0.25) is 4.79 Å². The van der Waals surface area contributed by atoms with Crippen LogP contribution in [0.3, 0.4) is 0 Å². The lowest BCUT2D eigenvalue weighted by atomic mass is 10.0. The minimum atomic E-state index is -0.166. The quantitative estimate of drug-likeness (QED) is 0.0256. The van der Waals surface area contributed by atoms with E-state index in [1.54, 1.807) is 70.5 Å². The Bertz CT molecular complexity index is 2480. The molecule has 2 aromatic carbocycles. The Morgan fingerprint density at radius 1 is 0.494 bits per heavy atom. The number of aromatic amines is 1. The number of carbonyl (C=O) groups excluding carboxylic acids is 3. The number of rotatable bonds is 26. The Balaban J connectivity index is 0.000000249. The maximum Gasteiger partial charge on any atom is 0.315 e. The molecule has 0 fully saturated rings. The third-order valence-electron chi connectivity index (χ3n) is 13.1. The second-order valence-electron chi connectivity index (χ2n) is 20.0. The molecule has 0 saturated heterocycles. The van der Waals surface area contributed by atoms with Gasteiger partial charge in [-0.1, -0.05) is 38.1 Å². The van der Waals surface area contributed by atoms with Crippen molar-refractivity contribution in [3.63, 3.8) is 0 Å². The highest BCUT2D eigenvalue weighted by atomic mass is 32.1. The van der Waals surface area contributed by atoms with Gasteiger partial charge in [0.2, 0.25) is 5.56 Å². The lowest BCUT2D eigenvalue weighted by molar-refractivity contribution is 0.227. The van der Waals surface area contributed by atoms with Crippen LogP contribution in [0.25, 0.3) is 0 Å². The number of thiophene rings is 3. The van der Waals surface area contributed by atoms with Gasteiger partial charge in [0.1, 0.15) is 11.5 Å². The SMILES string of the molecule is CC(Cc1ccsc1)NC(=O)NC[C@H](Cc1cc[nH]c(=O)c1)N(C)C.CC[C@@H](Cc1ccsc1)NC(=O)NC[C@H](Cc1ccc(O)cc1)N(C)C.CC[C@H](Cc1ccsc1)NC(=O)NC[C@H](Cc1ccc(O)cc1)N(C)C. The predicted molar refractivity (Wildman–Crippen MR) is 318 cm³/mol. The molecular weight excluding hydrogens is 1030 g/mol. The van der Waals surface area contributed by atoms with E-state index in [2.05, 4.69) is 111 Å². The van der Waals surface area contributed by atoms with Crippen LogP contribution in [0.2, 0.25) is 0 Å². The number of phenolic OH excluding ortho intramolecular Hbond substituents is 2. The summed E-state index contributed by atoms with van der Waals surface area (Å²) in [4.78, 5) is 57.0. The van der Waals surface area contributed by atoms with E-state index in [0.717, 1.165) is 61.6 Å². The number of hydrogen-bond donors (Lipinski definition) is 9. The summed E-state index contributed by atoms with van der Waals surface area (Å²) in [5.41, 5.74) is 6.87. The topological polar surface area (TPSA) is 206 Å². The van der Waals surface area contributed by atoms with Crippen LogP contribution in [0, 0.1) is 0 Å². The number of pyridine rings is 1. The molecule has 0 aliphatic heterocycles. The summed E-state index contributed by atoms with van der Waals surface area (Å²) in [5.74, 6) is 0.535. The first-order valence-corrected chi connectivity index (χ1v) is 29.1. The number of nitrogens with zero attached hydrogens (tertiary/aromatic N) is 3. The van der Waals surface area contributed by atoms with Crippen LogP contribution in [-0.2, 0) is 38.5 Å². The Labute approximate surface area is 468 Å². The van der Waals surface area contributed by atoms with E-state index in [-0.39, 0.29) is 71.4 Å². The van der Waals surface area contributed by atoms with Crippen molar-refractivity contribution in [2.45, 2.75) is 108 Å². The minimum absolute atomic E-state index is 0.0695. The zero-order valence-corrected chi connectivity index (χ0v) is 48.8. The number of hydrogen-bond acceptors (Lipinski definition) is 12. The second kappa shape index (κ2) is 34.5. The van der Waals surface area contributed by atoms with E-state index in [1.807, 2.05) is 84.9 Å². The summed E-state index contributed by atoms with van der Waals surface area (Å²) in [5, 5.41) is 49.4. The fraction of sp³-hybridized carbons (Fsp3) is 0.448. The van der Waals surface area contributed by atoms with E-state index in [0.29, 0.717) is 26.1 Å². The first kappa shape index (κ1) is 63.3. The molecule has 9 N–H and O–H groups in total. The van der Waals surface area contributed by atoms with E-state index in [1.165, 1.54) is 16.7 Å². The average molecular weight is 1110 g/mol. The van der Waals surface area contributed by atoms with Gasteiger partial charge in [-0.25, -0.2) is 14.4 Å². The Kier molecular flexibility index (Phi) is 28.4. The van der Waals surface area contributed by atoms with Gasteiger partial charge in [-0.15, -0.1) is 0 Å². The van der Waals surface area contributed by atoms with Crippen LogP contribution in [0.15, 0.2) is 122 Å². The molecular formula is C58H84N10O6S3. The molecule has 0 saturated carbocycles. The maximum absolute atomic E-state index is 12.3. The van der Waals surface area contributed by atoms with Crippen molar-refractivity contribution in [1.29, 1.82) is 0 Å².